The van der Waals surface area contributed by atoms with Gasteiger partial charge in [-0.1, -0.05) is 24.3 Å². The maximum atomic E-state index is 9.84. The van der Waals surface area contributed by atoms with Gasteiger partial charge in [0.2, 0.25) is 0 Å². The molecule has 0 unspecified atom stereocenters. The van der Waals surface area contributed by atoms with Crippen molar-refractivity contribution in [2.75, 3.05) is 25.1 Å². The van der Waals surface area contributed by atoms with Crippen LogP contribution in [0.4, 0.5) is 5.69 Å². The number of hydrogen-bond donors (Lipinski definition) is 0. The lowest BCUT2D eigenvalue weighted by Gasteiger charge is -2.31. The van der Waals surface area contributed by atoms with Crippen LogP contribution in [0.3, 0.4) is 0 Å². The van der Waals surface area contributed by atoms with Crippen molar-refractivity contribution in [3.63, 3.8) is 0 Å². The summed E-state index contributed by atoms with van der Waals surface area (Å²) in [6, 6.07) is 12.7. The number of piperidine rings is 1. The van der Waals surface area contributed by atoms with E-state index < -0.39 is 0 Å². The lowest BCUT2D eigenvalue weighted by Crippen LogP contribution is -2.30. The van der Waals surface area contributed by atoms with E-state index in [1.165, 1.54) is 19.3 Å². The van der Waals surface area contributed by atoms with Crippen molar-refractivity contribution in [3.05, 3.63) is 53.6 Å². The van der Waals surface area contributed by atoms with Crippen LogP contribution in [-0.4, -0.2) is 20.2 Å². The smallest absolute Gasteiger partial charge is 0.118 e. The predicted octanol–water partition coefficient (Wildman–Crippen LogP) is 5.57. The molecule has 0 aromatic heterocycles. The van der Waals surface area contributed by atoms with Crippen molar-refractivity contribution >= 4 is 11.3 Å². The van der Waals surface area contributed by atoms with Crippen molar-refractivity contribution in [2.24, 2.45) is 0 Å². The van der Waals surface area contributed by atoms with E-state index in [9.17, 15) is 5.26 Å². The molecular weight excluding hydrogens is 320 g/mol. The summed E-state index contributed by atoms with van der Waals surface area (Å²) in [5.41, 5.74) is 7.17. The minimum atomic E-state index is 0.780. The van der Waals surface area contributed by atoms with Crippen LogP contribution in [0.2, 0.25) is 0 Å². The fraction of sp³-hybridized carbons (Fsp3) is 0.348. The number of ether oxygens (including phenoxy) is 1. The highest BCUT2D eigenvalue weighted by atomic mass is 16.5. The van der Waals surface area contributed by atoms with Crippen molar-refractivity contribution in [1.29, 1.82) is 5.26 Å². The molecule has 2 aromatic rings. The van der Waals surface area contributed by atoms with Crippen LogP contribution in [0.15, 0.2) is 36.9 Å². The summed E-state index contributed by atoms with van der Waals surface area (Å²) in [6.07, 6.45) is 3.64. The second-order valence-electron chi connectivity index (χ2n) is 6.99. The zero-order chi connectivity index (χ0) is 18.7. The van der Waals surface area contributed by atoms with Crippen molar-refractivity contribution in [2.45, 2.75) is 33.1 Å². The number of rotatable bonds is 4. The van der Waals surface area contributed by atoms with Gasteiger partial charge in [0, 0.05) is 13.1 Å². The molecule has 0 amide bonds. The first-order valence-electron chi connectivity index (χ1n) is 9.19. The Morgan fingerprint density at radius 3 is 2.35 bits per heavy atom. The second kappa shape index (κ2) is 7.66. The summed E-state index contributed by atoms with van der Waals surface area (Å²) >= 11 is 0. The fourth-order valence-electron chi connectivity index (χ4n) is 3.87. The largest absolute Gasteiger partial charge is 0.497 e. The first-order chi connectivity index (χ1) is 12.6. The SMILES string of the molecule is C=C(C)c1c(-c2ccc(OC)cc2)cc(N2CCCCC2)c(C#N)c1C. The molecule has 1 aliphatic rings. The Morgan fingerprint density at radius 2 is 1.81 bits per heavy atom. The Kier molecular flexibility index (Phi) is 5.32. The predicted molar refractivity (Wildman–Crippen MR) is 109 cm³/mol. The molecule has 26 heavy (non-hydrogen) atoms. The van der Waals surface area contributed by atoms with Gasteiger partial charge in [-0.3, -0.25) is 0 Å². The van der Waals surface area contributed by atoms with Gasteiger partial charge in [0.1, 0.15) is 11.8 Å². The zero-order valence-electron chi connectivity index (χ0n) is 15.9. The van der Waals surface area contributed by atoms with Gasteiger partial charge in [-0.05, 0) is 73.6 Å². The van der Waals surface area contributed by atoms with E-state index in [0.717, 1.165) is 57.9 Å². The van der Waals surface area contributed by atoms with Gasteiger partial charge in [0.15, 0.2) is 0 Å². The molecule has 0 N–H and O–H groups in total. The monoisotopic (exact) mass is 346 g/mol. The van der Waals surface area contributed by atoms with Gasteiger partial charge >= 0.3 is 0 Å². The quantitative estimate of drug-likeness (QED) is 0.726. The molecule has 2 aromatic carbocycles. The topological polar surface area (TPSA) is 36.3 Å². The lowest BCUT2D eigenvalue weighted by atomic mass is 9.87. The summed E-state index contributed by atoms with van der Waals surface area (Å²) < 4.78 is 5.29. The molecule has 1 aliphatic heterocycles. The molecule has 1 saturated heterocycles. The highest BCUT2D eigenvalue weighted by Crippen LogP contribution is 2.39. The molecule has 0 atom stereocenters. The van der Waals surface area contributed by atoms with Gasteiger partial charge in [0.05, 0.1) is 18.4 Å². The molecule has 3 rings (SSSR count). The van der Waals surface area contributed by atoms with Crippen LogP contribution >= 0.6 is 0 Å². The highest BCUT2D eigenvalue weighted by molar-refractivity contribution is 5.87. The molecule has 0 radical (unpaired) electrons. The van der Waals surface area contributed by atoms with E-state index in [4.69, 9.17) is 4.74 Å². The van der Waals surface area contributed by atoms with Crippen LogP contribution in [0.25, 0.3) is 16.7 Å². The van der Waals surface area contributed by atoms with E-state index in [1.54, 1.807) is 7.11 Å². The summed E-state index contributed by atoms with van der Waals surface area (Å²) in [5.74, 6) is 0.840. The van der Waals surface area contributed by atoms with Gasteiger partial charge in [-0.25, -0.2) is 0 Å². The Hall–Kier alpha value is -2.73. The first-order valence-corrected chi connectivity index (χ1v) is 9.19. The van der Waals surface area contributed by atoms with Crippen LogP contribution in [0.1, 0.15) is 42.9 Å². The third-order valence-corrected chi connectivity index (χ3v) is 5.19. The van der Waals surface area contributed by atoms with E-state index in [-0.39, 0.29) is 0 Å². The molecule has 134 valence electrons. The van der Waals surface area contributed by atoms with Crippen LogP contribution in [-0.2, 0) is 0 Å². The second-order valence-corrected chi connectivity index (χ2v) is 6.99. The average Bonchev–Trinajstić information content (AvgIpc) is 2.67. The van der Waals surface area contributed by atoms with E-state index >= 15 is 0 Å². The van der Waals surface area contributed by atoms with E-state index in [0.29, 0.717) is 0 Å². The molecule has 0 aliphatic carbocycles. The summed E-state index contributed by atoms with van der Waals surface area (Å²) in [5, 5.41) is 9.84. The van der Waals surface area contributed by atoms with E-state index in [1.807, 2.05) is 26.0 Å². The first kappa shape index (κ1) is 18.1. The minimum Gasteiger partial charge on any atom is -0.497 e. The number of hydrogen-bond acceptors (Lipinski definition) is 3. The summed E-state index contributed by atoms with van der Waals surface area (Å²) in [6.45, 7) is 10.3. The number of anilines is 1. The zero-order valence-corrected chi connectivity index (χ0v) is 15.9. The average molecular weight is 346 g/mol. The van der Waals surface area contributed by atoms with Crippen molar-refractivity contribution in [1.82, 2.24) is 0 Å². The van der Waals surface area contributed by atoms with Crippen LogP contribution < -0.4 is 9.64 Å². The number of allylic oxidation sites excluding steroid dienone is 1. The number of methoxy groups -OCH3 is 1. The van der Waals surface area contributed by atoms with E-state index in [2.05, 4.69) is 35.7 Å². The van der Waals surface area contributed by atoms with Gasteiger partial charge in [0.25, 0.3) is 0 Å². The fourth-order valence-corrected chi connectivity index (χ4v) is 3.87. The maximum absolute atomic E-state index is 9.84. The Morgan fingerprint density at radius 1 is 1.15 bits per heavy atom. The summed E-state index contributed by atoms with van der Waals surface area (Å²) in [4.78, 5) is 2.37. The van der Waals surface area contributed by atoms with Crippen LogP contribution in [0.5, 0.6) is 5.75 Å². The molecule has 3 heteroatoms. The Balaban J connectivity index is 2.22. The summed E-state index contributed by atoms with van der Waals surface area (Å²) in [7, 11) is 1.68. The number of benzene rings is 2. The molecular formula is C23H26N2O. The third kappa shape index (κ3) is 3.32. The highest BCUT2D eigenvalue weighted by Gasteiger charge is 2.21. The van der Waals surface area contributed by atoms with Crippen LogP contribution in [0, 0.1) is 18.3 Å². The third-order valence-electron chi connectivity index (χ3n) is 5.19. The minimum absolute atomic E-state index is 0.780. The number of nitriles is 1. The maximum Gasteiger partial charge on any atom is 0.118 e. The molecule has 3 nitrogen and oxygen atoms in total. The molecule has 0 saturated carbocycles. The molecule has 0 bridgehead atoms. The van der Waals surface area contributed by atoms with Gasteiger partial charge < -0.3 is 9.64 Å². The van der Waals surface area contributed by atoms with Crippen molar-refractivity contribution in [3.8, 4) is 22.9 Å². The molecule has 0 spiro atoms. The van der Waals surface area contributed by atoms with Gasteiger partial charge in [-0.15, -0.1) is 0 Å². The molecule has 1 fully saturated rings. The Bertz CT molecular complexity index is 853. The lowest BCUT2D eigenvalue weighted by molar-refractivity contribution is 0.415. The Labute approximate surface area is 156 Å². The van der Waals surface area contributed by atoms with Gasteiger partial charge in [-0.2, -0.15) is 5.26 Å². The van der Waals surface area contributed by atoms with Crippen molar-refractivity contribution < 1.29 is 4.74 Å². The normalized spacial score (nSPS) is 14.0. The standard InChI is InChI=1S/C23H26N2O/c1-16(2)23-17(3)21(15-24)22(25-12-6-5-7-13-25)14-20(23)18-8-10-19(26-4)11-9-18/h8-11,14H,1,5-7,12-13H2,2-4H3. The molecule has 1 heterocycles. The number of nitrogens with zero attached hydrogens (tertiary/aromatic N) is 2.